The van der Waals surface area contributed by atoms with Crippen molar-refractivity contribution >= 4 is 23.5 Å². The van der Waals surface area contributed by atoms with Gasteiger partial charge in [0, 0.05) is 23.6 Å². The SMILES string of the molecule is COc1cc(CC(=O)NCC(COC(=O)C(C)(C)C)Cc2ccc(C(C)(C)C)cc2)c(Cl)cc1O. The average Bonchev–Trinajstić information content (AvgIpc) is 2.76. The van der Waals surface area contributed by atoms with Gasteiger partial charge in [0.25, 0.3) is 0 Å². The molecule has 0 fully saturated rings. The Morgan fingerprint density at radius 1 is 1.06 bits per heavy atom. The first kappa shape index (κ1) is 28.5. The average molecular weight is 504 g/mol. The van der Waals surface area contributed by atoms with Crippen LogP contribution in [0.5, 0.6) is 11.5 Å². The third kappa shape index (κ3) is 8.77. The van der Waals surface area contributed by atoms with Crippen LogP contribution in [0.3, 0.4) is 0 Å². The number of aromatic hydroxyl groups is 1. The molecule has 2 rings (SSSR count). The molecular weight excluding hydrogens is 466 g/mol. The van der Waals surface area contributed by atoms with E-state index in [0.29, 0.717) is 18.5 Å². The van der Waals surface area contributed by atoms with Gasteiger partial charge in [0.2, 0.25) is 5.91 Å². The molecule has 1 atom stereocenters. The van der Waals surface area contributed by atoms with Crippen molar-refractivity contribution < 1.29 is 24.2 Å². The summed E-state index contributed by atoms with van der Waals surface area (Å²) in [6, 6.07) is 11.3. The second-order valence-electron chi connectivity index (χ2n) is 11.0. The van der Waals surface area contributed by atoms with Crippen LogP contribution in [-0.2, 0) is 32.6 Å². The van der Waals surface area contributed by atoms with Crippen molar-refractivity contribution in [3.05, 3.63) is 58.1 Å². The highest BCUT2D eigenvalue weighted by atomic mass is 35.5. The van der Waals surface area contributed by atoms with Gasteiger partial charge >= 0.3 is 5.97 Å². The van der Waals surface area contributed by atoms with Crippen molar-refractivity contribution in [1.29, 1.82) is 0 Å². The lowest BCUT2D eigenvalue weighted by Crippen LogP contribution is -2.35. The lowest BCUT2D eigenvalue weighted by molar-refractivity contribution is -0.154. The molecule has 6 nitrogen and oxygen atoms in total. The summed E-state index contributed by atoms with van der Waals surface area (Å²) < 4.78 is 10.7. The fourth-order valence-corrected chi connectivity index (χ4v) is 3.68. The number of carbonyl (C=O) groups excluding carboxylic acids is 2. The topological polar surface area (TPSA) is 84.9 Å². The fourth-order valence-electron chi connectivity index (χ4n) is 3.45. The summed E-state index contributed by atoms with van der Waals surface area (Å²) in [5.74, 6) is -0.437. The van der Waals surface area contributed by atoms with Gasteiger partial charge in [-0.05, 0) is 55.4 Å². The van der Waals surface area contributed by atoms with Crippen molar-refractivity contribution in [2.45, 2.75) is 59.8 Å². The summed E-state index contributed by atoms with van der Waals surface area (Å²) in [6.45, 7) is 12.5. The molecule has 0 bridgehead atoms. The Bertz CT molecular complexity index is 1020. The first-order valence-corrected chi connectivity index (χ1v) is 12.2. The summed E-state index contributed by atoms with van der Waals surface area (Å²) in [5, 5.41) is 13.1. The number of esters is 1. The minimum absolute atomic E-state index is 0.0320. The first-order chi connectivity index (χ1) is 16.2. The number of methoxy groups -OCH3 is 1. The van der Waals surface area contributed by atoms with Crippen molar-refractivity contribution in [2.75, 3.05) is 20.3 Å². The third-order valence-electron chi connectivity index (χ3n) is 5.69. The number of ether oxygens (including phenoxy) is 2. The second-order valence-corrected chi connectivity index (χ2v) is 11.4. The van der Waals surface area contributed by atoms with E-state index in [9.17, 15) is 14.7 Å². The predicted octanol–water partition coefficient (Wildman–Crippen LogP) is 5.46. The molecule has 0 saturated carbocycles. The van der Waals surface area contributed by atoms with E-state index in [0.717, 1.165) is 5.56 Å². The number of halogens is 1. The van der Waals surface area contributed by atoms with Gasteiger partial charge in [0.1, 0.15) is 0 Å². The molecule has 2 aromatic carbocycles. The maximum absolute atomic E-state index is 12.7. The monoisotopic (exact) mass is 503 g/mol. The normalized spacial score (nSPS) is 12.7. The van der Waals surface area contributed by atoms with Crippen LogP contribution in [0.25, 0.3) is 0 Å². The number of carbonyl (C=O) groups is 2. The number of phenolic OH excluding ortho intramolecular Hbond substituents is 1. The number of amides is 1. The van der Waals surface area contributed by atoms with Crippen LogP contribution >= 0.6 is 11.6 Å². The molecular formula is C28H38ClNO5. The van der Waals surface area contributed by atoms with E-state index in [1.165, 1.54) is 18.7 Å². The van der Waals surface area contributed by atoms with Crippen molar-refractivity contribution in [1.82, 2.24) is 5.32 Å². The number of hydrogen-bond donors (Lipinski definition) is 2. The smallest absolute Gasteiger partial charge is 0.311 e. The molecule has 0 radical (unpaired) electrons. The summed E-state index contributed by atoms with van der Waals surface area (Å²) in [4.78, 5) is 25.0. The maximum Gasteiger partial charge on any atom is 0.311 e. The molecule has 1 unspecified atom stereocenters. The molecule has 0 spiro atoms. The van der Waals surface area contributed by atoms with E-state index < -0.39 is 5.41 Å². The third-order valence-corrected chi connectivity index (χ3v) is 6.05. The minimum Gasteiger partial charge on any atom is -0.504 e. The van der Waals surface area contributed by atoms with Crippen molar-refractivity contribution in [3.63, 3.8) is 0 Å². The molecule has 192 valence electrons. The molecule has 0 aliphatic rings. The zero-order valence-corrected chi connectivity index (χ0v) is 22.6. The Morgan fingerprint density at radius 3 is 2.23 bits per heavy atom. The molecule has 0 aromatic heterocycles. The summed E-state index contributed by atoms with van der Waals surface area (Å²) in [5.41, 5.74) is 2.36. The molecule has 0 aliphatic carbocycles. The number of hydrogen-bond acceptors (Lipinski definition) is 5. The first-order valence-electron chi connectivity index (χ1n) is 11.8. The largest absolute Gasteiger partial charge is 0.504 e. The Kier molecular flexibility index (Phi) is 9.61. The summed E-state index contributed by atoms with van der Waals surface area (Å²) in [7, 11) is 1.43. The highest BCUT2D eigenvalue weighted by molar-refractivity contribution is 6.31. The standard InChI is InChI=1S/C28H38ClNO5/c1-27(2,3)21-10-8-18(9-11-21)12-19(17-35-26(33)28(4,5)6)16-30-25(32)14-20-13-24(34-7)23(31)15-22(20)29/h8-11,13,15,19,31H,12,14,16-17H2,1-7H3,(H,30,32). The number of nitrogens with one attached hydrogen (secondary N) is 1. The van der Waals surface area contributed by atoms with Crippen molar-refractivity contribution in [2.24, 2.45) is 11.3 Å². The predicted molar refractivity (Wildman–Crippen MR) is 139 cm³/mol. The van der Waals surface area contributed by atoms with Crippen LogP contribution in [-0.4, -0.2) is 37.2 Å². The van der Waals surface area contributed by atoms with Gasteiger partial charge in [-0.25, -0.2) is 0 Å². The van der Waals surface area contributed by atoms with E-state index in [2.05, 4.69) is 50.4 Å². The Morgan fingerprint density at radius 2 is 1.69 bits per heavy atom. The molecule has 35 heavy (non-hydrogen) atoms. The quantitative estimate of drug-likeness (QED) is 0.444. The Hall–Kier alpha value is -2.73. The van der Waals surface area contributed by atoms with Crippen LogP contribution in [0.2, 0.25) is 5.02 Å². The molecule has 7 heteroatoms. The van der Waals surface area contributed by atoms with E-state index in [1.807, 2.05) is 20.8 Å². The molecule has 0 saturated heterocycles. The van der Waals surface area contributed by atoms with E-state index >= 15 is 0 Å². The summed E-state index contributed by atoms with van der Waals surface area (Å²) in [6.07, 6.45) is 0.681. The lowest BCUT2D eigenvalue weighted by atomic mass is 9.86. The van der Waals surface area contributed by atoms with Gasteiger partial charge in [-0.1, -0.05) is 56.6 Å². The second kappa shape index (κ2) is 11.8. The Labute approximate surface area is 214 Å². The Balaban J connectivity index is 2.08. The zero-order valence-electron chi connectivity index (χ0n) is 21.8. The minimum atomic E-state index is -0.600. The number of rotatable bonds is 9. The van der Waals surface area contributed by atoms with Gasteiger partial charge in [0.05, 0.1) is 25.6 Å². The molecule has 2 N–H and O–H groups in total. The number of benzene rings is 2. The highest BCUT2D eigenvalue weighted by Gasteiger charge is 2.25. The van der Waals surface area contributed by atoms with E-state index in [4.69, 9.17) is 21.1 Å². The van der Waals surface area contributed by atoms with Crippen LogP contribution in [0, 0.1) is 11.3 Å². The van der Waals surface area contributed by atoms with Gasteiger partial charge < -0.3 is 19.9 Å². The molecule has 0 heterocycles. The fraction of sp³-hybridized carbons (Fsp3) is 0.500. The maximum atomic E-state index is 12.7. The lowest BCUT2D eigenvalue weighted by Gasteiger charge is -2.23. The molecule has 1 amide bonds. The zero-order chi connectivity index (χ0) is 26.4. The number of phenols is 1. The van der Waals surface area contributed by atoms with Gasteiger partial charge in [-0.2, -0.15) is 0 Å². The van der Waals surface area contributed by atoms with Gasteiger partial charge in [-0.3, -0.25) is 9.59 Å². The molecule has 2 aromatic rings. The van der Waals surface area contributed by atoms with Crippen molar-refractivity contribution in [3.8, 4) is 11.5 Å². The van der Waals surface area contributed by atoms with Crippen LogP contribution < -0.4 is 10.1 Å². The van der Waals surface area contributed by atoms with E-state index in [1.54, 1.807) is 6.07 Å². The van der Waals surface area contributed by atoms with Crippen LogP contribution in [0.15, 0.2) is 36.4 Å². The van der Waals surface area contributed by atoms with Crippen LogP contribution in [0.4, 0.5) is 0 Å². The highest BCUT2D eigenvalue weighted by Crippen LogP contribution is 2.32. The van der Waals surface area contributed by atoms with Gasteiger partial charge in [-0.15, -0.1) is 0 Å². The van der Waals surface area contributed by atoms with E-state index in [-0.39, 0.29) is 52.8 Å². The van der Waals surface area contributed by atoms with Gasteiger partial charge in [0.15, 0.2) is 11.5 Å². The summed E-state index contributed by atoms with van der Waals surface area (Å²) >= 11 is 6.19. The van der Waals surface area contributed by atoms with Crippen LogP contribution in [0.1, 0.15) is 58.2 Å². The molecule has 0 aliphatic heterocycles.